The molecule has 0 heterocycles. The van der Waals surface area contributed by atoms with Crippen molar-refractivity contribution < 1.29 is 9.53 Å². The minimum Gasteiger partial charge on any atom is -0.466 e. The Kier molecular flexibility index (Phi) is 4.18. The van der Waals surface area contributed by atoms with Gasteiger partial charge in [0.05, 0.1) is 12.5 Å². The third kappa shape index (κ3) is 2.62. The number of hydrogen-bond donors (Lipinski definition) is 0. The normalized spacial score (nSPS) is 23.1. The molecule has 0 aromatic heterocycles. The van der Waals surface area contributed by atoms with Crippen molar-refractivity contribution in [1.82, 2.24) is 0 Å². The zero-order valence-electron chi connectivity index (χ0n) is 11.8. The molecule has 0 bridgehead atoms. The number of ether oxygens (including phenoxy) is 1. The summed E-state index contributed by atoms with van der Waals surface area (Å²) in [5.41, 5.74) is 2.26. The highest BCUT2D eigenvalue weighted by atomic mass is 16.5. The molecule has 17 heavy (non-hydrogen) atoms. The number of hydrogen-bond acceptors (Lipinski definition) is 2. The fraction of sp³-hybridized carbons (Fsp3) is 0.667. The minimum absolute atomic E-state index is 0.0995. The lowest BCUT2D eigenvalue weighted by Crippen LogP contribution is -2.37. The van der Waals surface area contributed by atoms with Gasteiger partial charge in [0.1, 0.15) is 0 Å². The van der Waals surface area contributed by atoms with E-state index < -0.39 is 0 Å². The molecular formula is C15H24O2. The highest BCUT2D eigenvalue weighted by Gasteiger charge is 2.42. The average molecular weight is 236 g/mol. The second-order valence-electron chi connectivity index (χ2n) is 5.59. The fourth-order valence-electron chi connectivity index (χ4n) is 2.91. The Morgan fingerprint density at radius 2 is 2.00 bits per heavy atom. The van der Waals surface area contributed by atoms with Gasteiger partial charge in [0.25, 0.3) is 0 Å². The summed E-state index contributed by atoms with van der Waals surface area (Å²) >= 11 is 0. The molecule has 96 valence electrons. The van der Waals surface area contributed by atoms with Gasteiger partial charge in [0.2, 0.25) is 0 Å². The van der Waals surface area contributed by atoms with Crippen LogP contribution in [0.4, 0.5) is 0 Å². The summed E-state index contributed by atoms with van der Waals surface area (Å²) < 4.78 is 5.21. The number of rotatable bonds is 3. The quantitative estimate of drug-likeness (QED) is 0.698. The van der Waals surface area contributed by atoms with Crippen LogP contribution in [0.1, 0.15) is 41.5 Å². The molecule has 1 rings (SSSR count). The van der Waals surface area contributed by atoms with Gasteiger partial charge in [-0.15, -0.1) is 0 Å². The summed E-state index contributed by atoms with van der Waals surface area (Å²) in [7, 11) is 0. The van der Waals surface area contributed by atoms with Crippen molar-refractivity contribution in [1.29, 1.82) is 0 Å². The molecule has 0 fully saturated rings. The zero-order valence-corrected chi connectivity index (χ0v) is 11.8. The van der Waals surface area contributed by atoms with Gasteiger partial charge in [0.15, 0.2) is 0 Å². The highest BCUT2D eigenvalue weighted by molar-refractivity contribution is 5.78. The molecule has 0 aliphatic heterocycles. The second-order valence-corrected chi connectivity index (χ2v) is 5.59. The third-order valence-corrected chi connectivity index (χ3v) is 3.59. The van der Waals surface area contributed by atoms with Crippen molar-refractivity contribution in [3.8, 4) is 0 Å². The van der Waals surface area contributed by atoms with Crippen LogP contribution in [0.5, 0.6) is 0 Å². The van der Waals surface area contributed by atoms with Crippen LogP contribution in [-0.2, 0) is 9.53 Å². The molecule has 1 aliphatic rings. The lowest BCUT2D eigenvalue weighted by Gasteiger charge is -2.40. The number of allylic oxidation sites excluding steroid dienone is 3. The molecule has 2 nitrogen and oxygen atoms in total. The molecule has 0 saturated carbocycles. The van der Waals surface area contributed by atoms with Crippen molar-refractivity contribution in [3.05, 3.63) is 23.3 Å². The van der Waals surface area contributed by atoms with E-state index in [-0.39, 0.29) is 17.3 Å². The first-order valence-electron chi connectivity index (χ1n) is 6.37. The molecule has 0 aromatic carbocycles. The first-order chi connectivity index (χ1) is 7.82. The standard InChI is InChI=1S/C15H24O2/c1-7-17-14(16)13-11(4)8-9-12(10(2)3)15(13,5)6/h8-10,13H,7H2,1-6H3. The Hall–Kier alpha value is -1.05. The molecule has 0 saturated heterocycles. The maximum absolute atomic E-state index is 12.1. The van der Waals surface area contributed by atoms with E-state index >= 15 is 0 Å². The van der Waals surface area contributed by atoms with Gasteiger partial charge in [-0.1, -0.05) is 51.0 Å². The van der Waals surface area contributed by atoms with Gasteiger partial charge in [-0.2, -0.15) is 0 Å². The molecule has 0 amide bonds. The van der Waals surface area contributed by atoms with Crippen LogP contribution in [0.25, 0.3) is 0 Å². The van der Waals surface area contributed by atoms with Crippen LogP contribution in [-0.4, -0.2) is 12.6 Å². The van der Waals surface area contributed by atoms with Crippen molar-refractivity contribution in [3.63, 3.8) is 0 Å². The summed E-state index contributed by atoms with van der Waals surface area (Å²) in [5, 5.41) is 0. The van der Waals surface area contributed by atoms with E-state index in [2.05, 4.69) is 39.8 Å². The monoisotopic (exact) mass is 236 g/mol. The summed E-state index contributed by atoms with van der Waals surface area (Å²) in [4.78, 5) is 12.1. The van der Waals surface area contributed by atoms with Crippen LogP contribution in [0, 0.1) is 17.3 Å². The van der Waals surface area contributed by atoms with E-state index in [1.165, 1.54) is 5.57 Å². The van der Waals surface area contributed by atoms with Crippen LogP contribution < -0.4 is 0 Å². The van der Waals surface area contributed by atoms with Gasteiger partial charge in [-0.05, 0) is 19.8 Å². The average Bonchev–Trinajstić information content (AvgIpc) is 2.15. The Morgan fingerprint density at radius 1 is 1.41 bits per heavy atom. The molecule has 0 spiro atoms. The van der Waals surface area contributed by atoms with Crippen molar-refractivity contribution in [2.24, 2.45) is 17.3 Å². The van der Waals surface area contributed by atoms with E-state index in [9.17, 15) is 4.79 Å². The van der Waals surface area contributed by atoms with Crippen LogP contribution in [0.3, 0.4) is 0 Å². The Bertz CT molecular complexity index is 359. The second kappa shape index (κ2) is 5.07. The molecule has 2 heteroatoms. The predicted molar refractivity (Wildman–Crippen MR) is 70.6 cm³/mol. The van der Waals surface area contributed by atoms with E-state index in [4.69, 9.17) is 4.74 Å². The topological polar surface area (TPSA) is 26.3 Å². The van der Waals surface area contributed by atoms with Gasteiger partial charge in [0, 0.05) is 5.41 Å². The molecule has 1 unspecified atom stereocenters. The lowest BCUT2D eigenvalue weighted by molar-refractivity contribution is -0.149. The molecule has 0 radical (unpaired) electrons. The van der Waals surface area contributed by atoms with E-state index in [1.807, 2.05) is 13.8 Å². The molecule has 0 N–H and O–H groups in total. The maximum Gasteiger partial charge on any atom is 0.313 e. The summed E-state index contributed by atoms with van der Waals surface area (Å²) in [6, 6.07) is 0. The smallest absolute Gasteiger partial charge is 0.313 e. The zero-order chi connectivity index (χ0) is 13.2. The first-order valence-corrected chi connectivity index (χ1v) is 6.37. The molecule has 0 aromatic rings. The fourth-order valence-corrected chi connectivity index (χ4v) is 2.91. The lowest BCUT2D eigenvalue weighted by atomic mass is 9.64. The number of esters is 1. The summed E-state index contributed by atoms with van der Waals surface area (Å²) in [6.07, 6.45) is 4.22. The predicted octanol–water partition coefficient (Wildman–Crippen LogP) is 3.73. The van der Waals surface area contributed by atoms with E-state index in [1.54, 1.807) is 0 Å². The largest absolute Gasteiger partial charge is 0.466 e. The van der Waals surface area contributed by atoms with Gasteiger partial charge >= 0.3 is 5.97 Å². The SMILES string of the molecule is CCOC(=O)C1C(C)=CC=C(C(C)C)C1(C)C. The van der Waals surface area contributed by atoms with Crippen LogP contribution in [0.2, 0.25) is 0 Å². The minimum atomic E-state index is -0.154. The number of carbonyl (C=O) groups is 1. The summed E-state index contributed by atoms with van der Waals surface area (Å²) in [5.74, 6) is 0.202. The van der Waals surface area contributed by atoms with Crippen LogP contribution >= 0.6 is 0 Å². The Balaban J connectivity index is 3.11. The van der Waals surface area contributed by atoms with Gasteiger partial charge in [-0.25, -0.2) is 0 Å². The van der Waals surface area contributed by atoms with Gasteiger partial charge < -0.3 is 4.74 Å². The third-order valence-electron chi connectivity index (χ3n) is 3.59. The Labute approximate surface area is 105 Å². The van der Waals surface area contributed by atoms with E-state index in [0.717, 1.165) is 5.57 Å². The molecule has 1 atom stereocenters. The maximum atomic E-state index is 12.1. The number of carbonyl (C=O) groups excluding carboxylic acids is 1. The highest BCUT2D eigenvalue weighted by Crippen LogP contribution is 2.45. The summed E-state index contributed by atoms with van der Waals surface area (Å²) in [6.45, 7) is 12.9. The van der Waals surface area contributed by atoms with Gasteiger partial charge in [-0.3, -0.25) is 4.79 Å². The van der Waals surface area contributed by atoms with Crippen molar-refractivity contribution in [2.45, 2.75) is 41.5 Å². The van der Waals surface area contributed by atoms with Crippen molar-refractivity contribution in [2.75, 3.05) is 6.61 Å². The Morgan fingerprint density at radius 3 is 2.47 bits per heavy atom. The van der Waals surface area contributed by atoms with E-state index in [0.29, 0.717) is 12.5 Å². The molecular weight excluding hydrogens is 212 g/mol. The first kappa shape index (κ1) is 14.0. The van der Waals surface area contributed by atoms with Crippen LogP contribution in [0.15, 0.2) is 23.3 Å². The molecule has 1 aliphatic carbocycles. The van der Waals surface area contributed by atoms with Crippen molar-refractivity contribution >= 4 is 5.97 Å².